The summed E-state index contributed by atoms with van der Waals surface area (Å²) in [6, 6.07) is 8.84. The Balaban J connectivity index is 1.78. The van der Waals surface area contributed by atoms with Crippen LogP contribution in [0.15, 0.2) is 41.0 Å². The molecule has 0 saturated carbocycles. The van der Waals surface area contributed by atoms with Crippen molar-refractivity contribution in [2.75, 3.05) is 11.9 Å². The minimum atomic E-state index is -0.636. The Morgan fingerprint density at radius 1 is 1.15 bits per heavy atom. The number of carbonyl (C=O) groups excluding carboxylic acids is 3. The Bertz CT molecular complexity index is 1190. The number of halogens is 1. The van der Waals surface area contributed by atoms with E-state index in [1.54, 1.807) is 46.0 Å². The number of anilines is 1. The summed E-state index contributed by atoms with van der Waals surface area (Å²) in [7, 11) is 0. The van der Waals surface area contributed by atoms with Crippen LogP contribution >= 0.6 is 27.3 Å². The highest BCUT2D eigenvalue weighted by Crippen LogP contribution is 2.34. The van der Waals surface area contributed by atoms with E-state index in [1.165, 1.54) is 10.7 Å². The van der Waals surface area contributed by atoms with Gasteiger partial charge in [-0.05, 0) is 63.6 Å². The van der Waals surface area contributed by atoms with Gasteiger partial charge in [0.2, 0.25) is 0 Å². The lowest BCUT2D eigenvalue weighted by Crippen LogP contribution is -2.17. The molecule has 0 aliphatic heterocycles. The zero-order valence-corrected chi connectivity index (χ0v) is 21.5. The average Bonchev–Trinajstić information content (AvgIpc) is 3.37. The number of nitrogens with one attached hydrogen (secondary N) is 1. The molecule has 0 saturated heterocycles. The van der Waals surface area contributed by atoms with Crippen LogP contribution in [0.3, 0.4) is 0 Å². The first kappa shape index (κ1) is 25.4. The molecule has 11 heteroatoms. The zero-order chi connectivity index (χ0) is 24.8. The highest BCUT2D eigenvalue weighted by atomic mass is 79.9. The van der Waals surface area contributed by atoms with Gasteiger partial charge in [-0.3, -0.25) is 4.79 Å². The van der Waals surface area contributed by atoms with Crippen LogP contribution in [0.2, 0.25) is 0 Å². The molecule has 0 spiro atoms. The Kier molecular flexibility index (Phi) is 8.46. The van der Waals surface area contributed by atoms with Crippen LogP contribution in [-0.4, -0.2) is 40.3 Å². The number of benzene rings is 1. The molecule has 2 aromatic heterocycles. The van der Waals surface area contributed by atoms with Gasteiger partial charge in [0.1, 0.15) is 15.6 Å². The third kappa shape index (κ3) is 6.23. The lowest BCUT2D eigenvalue weighted by Gasteiger charge is -2.10. The topological polar surface area (TPSA) is 109 Å². The number of nitrogens with zero attached hydrogens (tertiary/aromatic N) is 2. The summed E-state index contributed by atoms with van der Waals surface area (Å²) in [6.07, 6.45) is 1.23. The molecule has 0 aliphatic rings. The first-order chi connectivity index (χ1) is 16.2. The molecule has 0 unspecified atom stereocenters. The molecule has 2 heterocycles. The molecule has 1 N–H and O–H groups in total. The second-order valence-electron chi connectivity index (χ2n) is 7.36. The van der Waals surface area contributed by atoms with Gasteiger partial charge in [0.05, 0.1) is 18.3 Å². The maximum Gasteiger partial charge on any atom is 0.348 e. The molecule has 34 heavy (non-hydrogen) atoms. The van der Waals surface area contributed by atoms with E-state index in [4.69, 9.17) is 14.2 Å². The molecule has 0 radical (unpaired) electrons. The fourth-order valence-electron chi connectivity index (χ4n) is 2.91. The largest absolute Gasteiger partial charge is 0.471 e. The van der Waals surface area contributed by atoms with E-state index in [1.807, 2.05) is 12.1 Å². The quantitative estimate of drug-likeness (QED) is 0.372. The number of esters is 2. The highest BCUT2D eigenvalue weighted by molar-refractivity contribution is 9.10. The summed E-state index contributed by atoms with van der Waals surface area (Å²) in [5.41, 5.74) is 0.622. The molecular weight excluding hydrogens is 526 g/mol. The second kappa shape index (κ2) is 11.3. The predicted octanol–water partition coefficient (Wildman–Crippen LogP) is 5.05. The third-order valence-corrected chi connectivity index (χ3v) is 6.15. The van der Waals surface area contributed by atoms with Crippen molar-refractivity contribution < 1.29 is 28.6 Å². The van der Waals surface area contributed by atoms with Crippen molar-refractivity contribution in [3.05, 3.63) is 62.7 Å². The van der Waals surface area contributed by atoms with Crippen molar-refractivity contribution in [3.63, 3.8) is 0 Å². The van der Waals surface area contributed by atoms with Crippen molar-refractivity contribution in [2.24, 2.45) is 0 Å². The van der Waals surface area contributed by atoms with E-state index in [-0.39, 0.29) is 40.6 Å². The summed E-state index contributed by atoms with van der Waals surface area (Å²) < 4.78 is 18.4. The van der Waals surface area contributed by atoms with Gasteiger partial charge in [-0.25, -0.2) is 14.3 Å². The second-order valence-corrected chi connectivity index (χ2v) is 9.29. The van der Waals surface area contributed by atoms with Gasteiger partial charge in [-0.1, -0.05) is 15.9 Å². The number of carbonyl (C=O) groups is 3. The van der Waals surface area contributed by atoms with Crippen molar-refractivity contribution in [1.82, 2.24) is 9.78 Å². The van der Waals surface area contributed by atoms with Gasteiger partial charge in [0.25, 0.3) is 5.91 Å². The van der Waals surface area contributed by atoms with Crippen molar-refractivity contribution in [1.29, 1.82) is 0 Å². The van der Waals surface area contributed by atoms with E-state index in [0.717, 1.165) is 15.8 Å². The third-order valence-electron chi connectivity index (χ3n) is 4.43. The molecule has 9 nitrogen and oxygen atoms in total. The van der Waals surface area contributed by atoms with E-state index in [9.17, 15) is 14.4 Å². The minimum Gasteiger partial charge on any atom is -0.471 e. The molecule has 3 rings (SSSR count). The smallest absolute Gasteiger partial charge is 0.348 e. The molecular formula is C23H24BrN3O6S. The summed E-state index contributed by atoms with van der Waals surface area (Å²) in [4.78, 5) is 38.1. The summed E-state index contributed by atoms with van der Waals surface area (Å²) in [5, 5.41) is 7.10. The van der Waals surface area contributed by atoms with Crippen LogP contribution in [0.4, 0.5) is 5.00 Å². The lowest BCUT2D eigenvalue weighted by molar-refractivity contribution is 0.0379. The zero-order valence-electron chi connectivity index (χ0n) is 19.1. The fourth-order valence-corrected chi connectivity index (χ4v) is 4.25. The summed E-state index contributed by atoms with van der Waals surface area (Å²) in [6.45, 7) is 7.02. The molecule has 0 bridgehead atoms. The van der Waals surface area contributed by atoms with Gasteiger partial charge in [0.15, 0.2) is 12.4 Å². The van der Waals surface area contributed by atoms with Crippen LogP contribution in [0.1, 0.15) is 56.9 Å². The fraction of sp³-hybridized carbons (Fsp3) is 0.304. The molecule has 180 valence electrons. The number of thiophene rings is 1. The molecule has 3 aromatic rings. The van der Waals surface area contributed by atoms with Gasteiger partial charge in [-0.2, -0.15) is 5.10 Å². The number of amides is 1. The number of hydrogen-bond acceptors (Lipinski definition) is 8. The number of hydrogen-bond donors (Lipinski definition) is 1. The standard InChI is InChI=1S/C23H24BrN3O6S/c1-5-31-23(30)19-14(4)18(22(29)33-13(2)3)21(34-19)25-20(28)17-10-11-27(26-17)12-32-16-8-6-15(24)7-9-16/h6-11,13H,5,12H2,1-4H3,(H,25,28). The van der Waals surface area contributed by atoms with Crippen LogP contribution in [-0.2, 0) is 16.2 Å². The van der Waals surface area contributed by atoms with Gasteiger partial charge in [-0.15, -0.1) is 11.3 Å². The Morgan fingerprint density at radius 2 is 1.85 bits per heavy atom. The number of rotatable bonds is 9. The minimum absolute atomic E-state index is 0.103. The maximum absolute atomic E-state index is 12.9. The lowest BCUT2D eigenvalue weighted by atomic mass is 10.1. The van der Waals surface area contributed by atoms with Crippen LogP contribution in [0.25, 0.3) is 0 Å². The average molecular weight is 550 g/mol. The number of aromatic nitrogens is 2. The molecule has 0 aliphatic carbocycles. The SMILES string of the molecule is CCOC(=O)c1sc(NC(=O)c2ccn(COc3ccc(Br)cc3)n2)c(C(=O)OC(C)C)c1C. The van der Waals surface area contributed by atoms with Gasteiger partial charge >= 0.3 is 11.9 Å². The van der Waals surface area contributed by atoms with Crippen molar-refractivity contribution >= 4 is 50.1 Å². The normalized spacial score (nSPS) is 10.8. The molecule has 1 aromatic carbocycles. The Morgan fingerprint density at radius 3 is 2.50 bits per heavy atom. The van der Waals surface area contributed by atoms with Crippen LogP contribution in [0, 0.1) is 6.92 Å². The van der Waals surface area contributed by atoms with Gasteiger partial charge in [0, 0.05) is 10.7 Å². The van der Waals surface area contributed by atoms with Gasteiger partial charge < -0.3 is 19.5 Å². The van der Waals surface area contributed by atoms with Crippen LogP contribution < -0.4 is 10.1 Å². The maximum atomic E-state index is 12.9. The van der Waals surface area contributed by atoms with E-state index < -0.39 is 17.8 Å². The Hall–Kier alpha value is -3.18. The molecule has 0 atom stereocenters. The monoisotopic (exact) mass is 549 g/mol. The van der Waals surface area contributed by atoms with E-state index in [2.05, 4.69) is 26.3 Å². The van der Waals surface area contributed by atoms with Crippen molar-refractivity contribution in [2.45, 2.75) is 40.5 Å². The number of ether oxygens (including phenoxy) is 3. The van der Waals surface area contributed by atoms with Crippen molar-refractivity contribution in [3.8, 4) is 5.75 Å². The summed E-state index contributed by atoms with van der Waals surface area (Å²) in [5.74, 6) is -1.10. The first-order valence-electron chi connectivity index (χ1n) is 10.4. The first-order valence-corrected chi connectivity index (χ1v) is 12.0. The summed E-state index contributed by atoms with van der Waals surface area (Å²) >= 11 is 4.32. The van der Waals surface area contributed by atoms with E-state index in [0.29, 0.717) is 11.3 Å². The Labute approximate surface area is 209 Å². The highest BCUT2D eigenvalue weighted by Gasteiger charge is 2.28. The predicted molar refractivity (Wildman–Crippen MR) is 131 cm³/mol. The van der Waals surface area contributed by atoms with E-state index >= 15 is 0 Å². The molecule has 1 amide bonds. The van der Waals surface area contributed by atoms with Crippen LogP contribution in [0.5, 0.6) is 5.75 Å². The molecule has 0 fully saturated rings.